The summed E-state index contributed by atoms with van der Waals surface area (Å²) in [4.78, 5) is 24.4. The predicted octanol–water partition coefficient (Wildman–Crippen LogP) is 3.74. The van der Waals surface area contributed by atoms with Gasteiger partial charge in [0, 0.05) is 16.6 Å². The van der Waals surface area contributed by atoms with Gasteiger partial charge in [0.05, 0.1) is 0 Å². The maximum atomic E-state index is 12.5. The van der Waals surface area contributed by atoms with Crippen molar-refractivity contribution in [3.8, 4) is 5.75 Å². The van der Waals surface area contributed by atoms with Gasteiger partial charge in [0.1, 0.15) is 17.9 Å². The van der Waals surface area contributed by atoms with Crippen molar-refractivity contribution in [2.45, 2.75) is 38.5 Å². The molecule has 0 heterocycles. The van der Waals surface area contributed by atoms with Crippen LogP contribution in [0.4, 0.5) is 0 Å². The summed E-state index contributed by atoms with van der Waals surface area (Å²) in [6, 6.07) is 14.3. The van der Waals surface area contributed by atoms with E-state index < -0.39 is 12.1 Å². The number of carbonyl (C=O) groups is 2. The van der Waals surface area contributed by atoms with Gasteiger partial charge in [-0.3, -0.25) is 4.79 Å². The number of rotatable bonds is 7. The highest BCUT2D eigenvalue weighted by Gasteiger charge is 2.28. The number of hydrogen-bond donors (Lipinski definition) is 1. The van der Waals surface area contributed by atoms with Crippen molar-refractivity contribution in [1.29, 1.82) is 0 Å². The number of benzene rings is 2. The van der Waals surface area contributed by atoms with E-state index in [9.17, 15) is 9.59 Å². The third kappa shape index (κ3) is 4.76. The molecular formula is C20H20ClNO4. The highest BCUT2D eigenvalue weighted by atomic mass is 35.5. The summed E-state index contributed by atoms with van der Waals surface area (Å²) in [7, 11) is 0. The molecule has 0 spiro atoms. The predicted molar refractivity (Wildman–Crippen MR) is 98.3 cm³/mol. The first-order chi connectivity index (χ1) is 12.5. The summed E-state index contributed by atoms with van der Waals surface area (Å²) in [5.41, 5.74) is 1.08. The highest BCUT2D eigenvalue weighted by molar-refractivity contribution is 6.31. The van der Waals surface area contributed by atoms with Crippen LogP contribution in [-0.4, -0.2) is 24.0 Å². The third-order valence-electron chi connectivity index (χ3n) is 4.02. The van der Waals surface area contributed by atoms with Crippen LogP contribution in [0.5, 0.6) is 5.75 Å². The summed E-state index contributed by atoms with van der Waals surface area (Å²) >= 11 is 6.13. The van der Waals surface area contributed by atoms with E-state index in [1.807, 2.05) is 18.2 Å². The minimum Gasteiger partial charge on any atom is -0.488 e. The first kappa shape index (κ1) is 18.3. The van der Waals surface area contributed by atoms with Crippen LogP contribution in [0.1, 0.15) is 35.7 Å². The fourth-order valence-corrected chi connectivity index (χ4v) is 2.55. The Labute approximate surface area is 157 Å². The van der Waals surface area contributed by atoms with Crippen molar-refractivity contribution >= 4 is 23.5 Å². The molecule has 1 aliphatic rings. The molecule has 1 unspecified atom stereocenters. The van der Waals surface area contributed by atoms with Crippen molar-refractivity contribution < 1.29 is 19.1 Å². The van der Waals surface area contributed by atoms with Gasteiger partial charge in [-0.25, -0.2) is 4.79 Å². The summed E-state index contributed by atoms with van der Waals surface area (Å²) < 4.78 is 11.0. The molecule has 5 nitrogen and oxygen atoms in total. The number of hydrogen-bond acceptors (Lipinski definition) is 4. The number of esters is 1. The molecule has 0 aromatic heterocycles. The second-order valence-electron chi connectivity index (χ2n) is 6.21. The minimum atomic E-state index is -0.861. The maximum absolute atomic E-state index is 12.5. The topological polar surface area (TPSA) is 64.6 Å². The van der Waals surface area contributed by atoms with Gasteiger partial charge >= 0.3 is 5.97 Å². The average molecular weight is 374 g/mol. The lowest BCUT2D eigenvalue weighted by molar-refractivity contribution is -0.129. The SMILES string of the molecule is CC(OC(=O)c1ccccc1OCc1ccccc1Cl)C(=O)NC1CC1. The number of nitrogens with one attached hydrogen (secondary N) is 1. The fraction of sp³-hybridized carbons (Fsp3) is 0.300. The van der Waals surface area contributed by atoms with Gasteiger partial charge in [-0.2, -0.15) is 0 Å². The zero-order chi connectivity index (χ0) is 18.5. The lowest BCUT2D eigenvalue weighted by Crippen LogP contribution is -2.37. The largest absolute Gasteiger partial charge is 0.488 e. The smallest absolute Gasteiger partial charge is 0.342 e. The van der Waals surface area contributed by atoms with Crippen molar-refractivity contribution in [2.24, 2.45) is 0 Å². The second-order valence-corrected chi connectivity index (χ2v) is 6.61. The number of ether oxygens (including phenoxy) is 2. The van der Waals surface area contributed by atoms with Crippen molar-refractivity contribution in [1.82, 2.24) is 5.32 Å². The lowest BCUT2D eigenvalue weighted by Gasteiger charge is -2.15. The molecule has 26 heavy (non-hydrogen) atoms. The van der Waals surface area contributed by atoms with E-state index in [0.717, 1.165) is 18.4 Å². The van der Waals surface area contributed by atoms with Crippen LogP contribution in [0.15, 0.2) is 48.5 Å². The summed E-state index contributed by atoms with van der Waals surface area (Å²) in [5.74, 6) is -0.499. The molecule has 1 atom stereocenters. The van der Waals surface area contributed by atoms with Gasteiger partial charge in [-0.15, -0.1) is 0 Å². The van der Waals surface area contributed by atoms with Crippen LogP contribution >= 0.6 is 11.6 Å². The summed E-state index contributed by atoms with van der Waals surface area (Å²) in [6.07, 6.45) is 1.09. The number of halogens is 1. The van der Waals surface area contributed by atoms with E-state index >= 15 is 0 Å². The number of amides is 1. The van der Waals surface area contributed by atoms with Crippen molar-refractivity contribution in [3.05, 3.63) is 64.7 Å². The molecule has 0 radical (unpaired) electrons. The van der Waals surface area contributed by atoms with Gasteiger partial charge < -0.3 is 14.8 Å². The Morgan fingerprint density at radius 2 is 1.85 bits per heavy atom. The Hall–Kier alpha value is -2.53. The quantitative estimate of drug-likeness (QED) is 0.751. The monoisotopic (exact) mass is 373 g/mol. The number of carbonyl (C=O) groups excluding carboxylic acids is 2. The van der Waals surface area contributed by atoms with E-state index in [1.165, 1.54) is 0 Å². The molecule has 0 aliphatic heterocycles. The number of para-hydroxylation sites is 1. The molecule has 1 amide bonds. The molecular weight excluding hydrogens is 354 g/mol. The average Bonchev–Trinajstić information content (AvgIpc) is 3.45. The maximum Gasteiger partial charge on any atom is 0.342 e. The molecule has 2 aromatic carbocycles. The Kier molecular flexibility index (Phi) is 5.78. The Morgan fingerprint density at radius 1 is 1.15 bits per heavy atom. The molecule has 6 heteroatoms. The zero-order valence-electron chi connectivity index (χ0n) is 14.4. The summed E-state index contributed by atoms with van der Waals surface area (Å²) in [5, 5.41) is 3.41. The van der Waals surface area contributed by atoms with Gasteiger partial charge in [0.15, 0.2) is 6.10 Å². The molecule has 0 bridgehead atoms. The van der Waals surface area contributed by atoms with Crippen LogP contribution in [0.3, 0.4) is 0 Å². The fourth-order valence-electron chi connectivity index (χ4n) is 2.36. The van der Waals surface area contributed by atoms with Gasteiger partial charge in [-0.05, 0) is 38.0 Å². The van der Waals surface area contributed by atoms with Gasteiger partial charge in [-0.1, -0.05) is 41.9 Å². The Morgan fingerprint density at radius 3 is 2.58 bits per heavy atom. The normalized spacial score (nSPS) is 14.4. The molecule has 3 rings (SSSR count). The summed E-state index contributed by atoms with van der Waals surface area (Å²) in [6.45, 7) is 1.78. The van der Waals surface area contributed by atoms with E-state index in [2.05, 4.69) is 5.32 Å². The Balaban J connectivity index is 1.64. The van der Waals surface area contributed by atoms with Crippen LogP contribution in [0.2, 0.25) is 5.02 Å². The molecule has 1 aliphatic carbocycles. The van der Waals surface area contributed by atoms with Gasteiger partial charge in [0.25, 0.3) is 5.91 Å². The van der Waals surface area contributed by atoms with Crippen molar-refractivity contribution in [2.75, 3.05) is 0 Å². The minimum absolute atomic E-state index is 0.217. The molecule has 2 aromatic rings. The van der Waals surface area contributed by atoms with E-state index in [0.29, 0.717) is 10.8 Å². The third-order valence-corrected chi connectivity index (χ3v) is 4.39. The van der Waals surface area contributed by atoms with E-state index in [4.69, 9.17) is 21.1 Å². The zero-order valence-corrected chi connectivity index (χ0v) is 15.2. The lowest BCUT2D eigenvalue weighted by atomic mass is 10.2. The molecule has 1 N–H and O–H groups in total. The molecule has 0 saturated heterocycles. The van der Waals surface area contributed by atoms with Gasteiger partial charge in [0.2, 0.25) is 0 Å². The molecule has 136 valence electrons. The second kappa shape index (κ2) is 8.23. The Bertz CT molecular complexity index is 804. The van der Waals surface area contributed by atoms with E-state index in [-0.39, 0.29) is 24.1 Å². The van der Waals surface area contributed by atoms with Crippen LogP contribution in [-0.2, 0) is 16.1 Å². The van der Waals surface area contributed by atoms with Crippen LogP contribution in [0.25, 0.3) is 0 Å². The molecule has 1 fully saturated rings. The standard InChI is InChI=1S/C20H20ClNO4/c1-13(19(23)22-15-10-11-15)26-20(24)16-7-3-5-9-18(16)25-12-14-6-2-4-8-17(14)21/h2-9,13,15H,10-12H2,1H3,(H,22,23). The first-order valence-electron chi connectivity index (χ1n) is 8.51. The van der Waals surface area contributed by atoms with Crippen molar-refractivity contribution in [3.63, 3.8) is 0 Å². The first-order valence-corrected chi connectivity index (χ1v) is 8.89. The highest BCUT2D eigenvalue weighted by Crippen LogP contribution is 2.23. The molecule has 1 saturated carbocycles. The van der Waals surface area contributed by atoms with Crippen LogP contribution < -0.4 is 10.1 Å². The van der Waals surface area contributed by atoms with Crippen LogP contribution in [0, 0.1) is 0 Å². The van der Waals surface area contributed by atoms with E-state index in [1.54, 1.807) is 37.3 Å².